The average molecular weight is 309 g/mol. The number of sulfonamides is 1. The Morgan fingerprint density at radius 1 is 1.25 bits per heavy atom. The first-order valence-electron chi connectivity index (χ1n) is 5.54. The highest BCUT2D eigenvalue weighted by Gasteiger charge is 2.10. The van der Waals surface area contributed by atoms with Crippen LogP contribution in [0.5, 0.6) is 0 Å². The molecule has 1 aromatic carbocycles. The lowest BCUT2D eigenvalue weighted by molar-refractivity contribution is 0.0697. The number of carbonyl (C=O) groups is 1. The summed E-state index contributed by atoms with van der Waals surface area (Å²) in [7, 11) is -3.66. The van der Waals surface area contributed by atoms with Gasteiger partial charge in [-0.2, -0.15) is 0 Å². The van der Waals surface area contributed by atoms with Crippen LogP contribution >= 0.6 is 11.3 Å². The molecular formula is C13H11NO4S2. The molecular weight excluding hydrogens is 298 g/mol. The normalized spacial score (nSPS) is 11.6. The summed E-state index contributed by atoms with van der Waals surface area (Å²) in [6, 6.07) is 10.3. The maximum Gasteiger partial charge on any atom is 0.336 e. The van der Waals surface area contributed by atoms with Crippen LogP contribution in [0, 0.1) is 0 Å². The minimum Gasteiger partial charge on any atom is -0.478 e. The van der Waals surface area contributed by atoms with E-state index in [9.17, 15) is 13.2 Å². The van der Waals surface area contributed by atoms with Gasteiger partial charge in [-0.1, -0.05) is 30.3 Å². The molecule has 2 rings (SSSR count). The number of aromatic carboxylic acids is 1. The third kappa shape index (κ3) is 3.94. The predicted octanol–water partition coefficient (Wildman–Crippen LogP) is 2.86. The van der Waals surface area contributed by atoms with Gasteiger partial charge < -0.3 is 5.11 Å². The topological polar surface area (TPSA) is 83.5 Å². The summed E-state index contributed by atoms with van der Waals surface area (Å²) in [6.07, 6.45) is 1.47. The number of thiophene rings is 1. The number of benzene rings is 1. The molecule has 0 radical (unpaired) electrons. The highest BCUT2D eigenvalue weighted by molar-refractivity contribution is 7.95. The summed E-state index contributed by atoms with van der Waals surface area (Å²) >= 11 is 1.02. The molecule has 0 amide bonds. The van der Waals surface area contributed by atoms with E-state index in [2.05, 4.69) is 4.72 Å². The lowest BCUT2D eigenvalue weighted by atomic mass is 10.2. The molecule has 0 aliphatic heterocycles. The standard InChI is InChI=1S/C13H11NO4S2/c15-13(16)11-8-12(19-9-11)14-20(17,18)7-6-10-4-2-1-3-5-10/h1-9,14H,(H,15,16). The monoisotopic (exact) mass is 309 g/mol. The molecule has 20 heavy (non-hydrogen) atoms. The van der Waals surface area contributed by atoms with Crippen molar-refractivity contribution < 1.29 is 18.3 Å². The Balaban J connectivity index is 2.11. The van der Waals surface area contributed by atoms with E-state index in [1.165, 1.54) is 17.5 Å². The summed E-state index contributed by atoms with van der Waals surface area (Å²) in [4.78, 5) is 10.7. The molecule has 5 nitrogen and oxygen atoms in total. The number of hydrogen-bond donors (Lipinski definition) is 2. The first-order valence-corrected chi connectivity index (χ1v) is 7.97. The van der Waals surface area contributed by atoms with E-state index < -0.39 is 16.0 Å². The van der Waals surface area contributed by atoms with Gasteiger partial charge in [-0.15, -0.1) is 11.3 Å². The third-order valence-electron chi connectivity index (χ3n) is 2.33. The molecule has 0 fully saturated rings. The van der Waals surface area contributed by atoms with Crippen LogP contribution in [0.15, 0.2) is 47.2 Å². The molecule has 0 saturated carbocycles. The van der Waals surface area contributed by atoms with E-state index in [-0.39, 0.29) is 10.6 Å². The Labute approximate surface area is 120 Å². The Morgan fingerprint density at radius 2 is 1.95 bits per heavy atom. The van der Waals surface area contributed by atoms with E-state index >= 15 is 0 Å². The van der Waals surface area contributed by atoms with E-state index in [4.69, 9.17) is 5.11 Å². The minimum atomic E-state index is -3.66. The molecule has 0 aliphatic carbocycles. The van der Waals surface area contributed by atoms with E-state index in [0.29, 0.717) is 0 Å². The van der Waals surface area contributed by atoms with Crippen molar-refractivity contribution in [2.75, 3.05) is 4.72 Å². The molecule has 0 aliphatic rings. The molecule has 2 N–H and O–H groups in total. The van der Waals surface area contributed by atoms with Crippen molar-refractivity contribution >= 4 is 38.4 Å². The number of nitrogens with one attached hydrogen (secondary N) is 1. The molecule has 0 spiro atoms. The second kappa shape index (κ2) is 5.89. The smallest absolute Gasteiger partial charge is 0.336 e. The van der Waals surface area contributed by atoms with Gasteiger partial charge in [-0.25, -0.2) is 13.2 Å². The number of rotatable bonds is 5. The first-order chi connectivity index (χ1) is 9.46. The van der Waals surface area contributed by atoms with Crippen LogP contribution in [0.3, 0.4) is 0 Å². The Morgan fingerprint density at radius 3 is 2.55 bits per heavy atom. The van der Waals surface area contributed by atoms with Gasteiger partial charge in [0.15, 0.2) is 0 Å². The first kappa shape index (κ1) is 14.3. The van der Waals surface area contributed by atoms with Gasteiger partial charge >= 0.3 is 5.97 Å². The highest BCUT2D eigenvalue weighted by Crippen LogP contribution is 2.22. The predicted molar refractivity (Wildman–Crippen MR) is 79.3 cm³/mol. The molecule has 1 heterocycles. The van der Waals surface area contributed by atoms with Crippen molar-refractivity contribution in [2.45, 2.75) is 0 Å². The molecule has 0 bridgehead atoms. The van der Waals surface area contributed by atoms with Crippen molar-refractivity contribution in [3.05, 3.63) is 58.3 Å². The van der Waals surface area contributed by atoms with Crippen molar-refractivity contribution in [2.24, 2.45) is 0 Å². The third-order valence-corrected chi connectivity index (χ3v) is 4.30. The zero-order chi connectivity index (χ0) is 14.6. The second-order valence-electron chi connectivity index (χ2n) is 3.87. The Hall–Kier alpha value is -2.12. The molecule has 7 heteroatoms. The van der Waals surface area contributed by atoms with Gasteiger partial charge in [0.2, 0.25) is 0 Å². The van der Waals surface area contributed by atoms with Crippen LogP contribution in [0.2, 0.25) is 0 Å². The maximum absolute atomic E-state index is 11.8. The summed E-state index contributed by atoms with van der Waals surface area (Å²) in [5.74, 6) is -1.09. The quantitative estimate of drug-likeness (QED) is 0.889. The summed E-state index contributed by atoms with van der Waals surface area (Å²) in [6.45, 7) is 0. The lowest BCUT2D eigenvalue weighted by Crippen LogP contribution is -2.07. The van der Waals surface area contributed by atoms with Crippen LogP contribution in [-0.4, -0.2) is 19.5 Å². The fraction of sp³-hybridized carbons (Fsp3) is 0. The summed E-state index contributed by atoms with van der Waals surface area (Å²) in [5, 5.41) is 11.4. The zero-order valence-electron chi connectivity index (χ0n) is 10.2. The largest absolute Gasteiger partial charge is 0.478 e. The molecule has 0 saturated heterocycles. The molecule has 0 atom stereocenters. The van der Waals surface area contributed by atoms with Crippen molar-refractivity contribution in [1.82, 2.24) is 0 Å². The van der Waals surface area contributed by atoms with E-state index in [1.54, 1.807) is 24.3 Å². The molecule has 2 aromatic rings. The molecule has 0 unspecified atom stereocenters. The second-order valence-corrected chi connectivity index (χ2v) is 6.34. The van der Waals surface area contributed by atoms with E-state index in [1.807, 2.05) is 6.07 Å². The number of carboxylic acid groups (broad SMARTS) is 1. The lowest BCUT2D eigenvalue weighted by Gasteiger charge is -2.00. The fourth-order valence-electron chi connectivity index (χ4n) is 1.41. The Bertz CT molecular complexity index is 733. The van der Waals surface area contributed by atoms with Crippen molar-refractivity contribution in [3.8, 4) is 0 Å². The van der Waals surface area contributed by atoms with Crippen LogP contribution in [0.4, 0.5) is 5.00 Å². The molecule has 1 aromatic heterocycles. The Kier molecular flexibility index (Phi) is 4.21. The van der Waals surface area contributed by atoms with Crippen LogP contribution in [0.25, 0.3) is 6.08 Å². The number of hydrogen-bond acceptors (Lipinski definition) is 4. The van der Waals surface area contributed by atoms with Gasteiger partial charge in [0.1, 0.15) is 5.00 Å². The molecule has 104 valence electrons. The van der Waals surface area contributed by atoms with Gasteiger partial charge in [0, 0.05) is 5.38 Å². The van der Waals surface area contributed by atoms with Gasteiger partial charge in [0.05, 0.1) is 11.0 Å². The SMILES string of the molecule is O=C(O)c1csc(NS(=O)(=O)C=Cc2ccccc2)c1. The maximum atomic E-state index is 11.8. The minimum absolute atomic E-state index is 0.0553. The number of anilines is 1. The van der Waals surface area contributed by atoms with Crippen LogP contribution < -0.4 is 4.72 Å². The van der Waals surface area contributed by atoms with Crippen molar-refractivity contribution in [3.63, 3.8) is 0 Å². The van der Waals surface area contributed by atoms with Crippen LogP contribution in [-0.2, 0) is 10.0 Å². The summed E-state index contributed by atoms with van der Waals surface area (Å²) in [5.41, 5.74) is 0.815. The zero-order valence-corrected chi connectivity index (χ0v) is 11.8. The van der Waals surface area contributed by atoms with Crippen LogP contribution in [0.1, 0.15) is 15.9 Å². The highest BCUT2D eigenvalue weighted by atomic mass is 32.2. The average Bonchev–Trinajstić information content (AvgIpc) is 2.86. The van der Waals surface area contributed by atoms with Gasteiger partial charge in [-0.3, -0.25) is 4.72 Å². The van der Waals surface area contributed by atoms with E-state index in [0.717, 1.165) is 22.3 Å². The van der Waals surface area contributed by atoms with Gasteiger partial charge in [0.25, 0.3) is 10.0 Å². The fourth-order valence-corrected chi connectivity index (χ4v) is 3.31. The number of carboxylic acids is 1. The van der Waals surface area contributed by atoms with Gasteiger partial charge in [-0.05, 0) is 17.7 Å². The summed E-state index contributed by atoms with van der Waals surface area (Å²) < 4.78 is 25.9. The van der Waals surface area contributed by atoms with Crippen molar-refractivity contribution in [1.29, 1.82) is 0 Å².